The molecule has 1 N–H and O–H groups in total. The molecular formula is C16H18ClN. The summed E-state index contributed by atoms with van der Waals surface area (Å²) in [5.41, 5.74) is 3.63. The van der Waals surface area contributed by atoms with Crippen LogP contribution in [0.1, 0.15) is 26.3 Å². The smallest absolute Gasteiger partial charge is 0.0407 e. The average molecular weight is 260 g/mol. The summed E-state index contributed by atoms with van der Waals surface area (Å²) in [6, 6.07) is 16.2. The zero-order valence-electron chi connectivity index (χ0n) is 11.0. The zero-order valence-corrected chi connectivity index (χ0v) is 11.8. The average Bonchev–Trinajstić information content (AvgIpc) is 2.31. The number of benzene rings is 2. The lowest BCUT2D eigenvalue weighted by Crippen LogP contribution is -2.10. The Kier molecular flexibility index (Phi) is 3.63. The Morgan fingerprint density at radius 3 is 2.17 bits per heavy atom. The van der Waals surface area contributed by atoms with Gasteiger partial charge in [0.1, 0.15) is 0 Å². The minimum Gasteiger partial charge on any atom is -0.356 e. The largest absolute Gasteiger partial charge is 0.356 e. The lowest BCUT2D eigenvalue weighted by molar-refractivity contribution is 0.590. The van der Waals surface area contributed by atoms with Crippen molar-refractivity contribution in [1.29, 1.82) is 0 Å². The normalized spacial score (nSPS) is 11.3. The molecule has 0 atom stereocenters. The number of hydrogen-bond acceptors (Lipinski definition) is 1. The molecule has 0 unspecified atom stereocenters. The summed E-state index contributed by atoms with van der Waals surface area (Å²) in [6.45, 7) is 6.65. The molecule has 0 saturated carbocycles. The van der Waals surface area contributed by atoms with Gasteiger partial charge in [0.05, 0.1) is 0 Å². The van der Waals surface area contributed by atoms with Crippen molar-refractivity contribution < 1.29 is 0 Å². The summed E-state index contributed by atoms with van der Waals surface area (Å²) in [4.78, 5) is 0. The fourth-order valence-corrected chi connectivity index (χ4v) is 1.89. The molecule has 0 aliphatic carbocycles. The maximum Gasteiger partial charge on any atom is 0.0407 e. The van der Waals surface area contributed by atoms with Crippen LogP contribution in [0.2, 0.25) is 5.02 Å². The molecule has 0 heterocycles. The second-order valence-electron chi connectivity index (χ2n) is 5.46. The zero-order chi connectivity index (χ0) is 13.2. The van der Waals surface area contributed by atoms with Gasteiger partial charge < -0.3 is 5.32 Å². The highest BCUT2D eigenvalue weighted by Crippen LogP contribution is 2.26. The van der Waals surface area contributed by atoms with Crippen molar-refractivity contribution in [3.63, 3.8) is 0 Å². The first-order valence-corrected chi connectivity index (χ1v) is 6.46. The number of anilines is 2. The van der Waals surface area contributed by atoms with Crippen LogP contribution in [0.5, 0.6) is 0 Å². The SMILES string of the molecule is CC(C)(C)c1cccc(Nc2ccc(Cl)cc2)c1. The van der Waals surface area contributed by atoms with Crippen molar-refractivity contribution in [1.82, 2.24) is 0 Å². The van der Waals surface area contributed by atoms with E-state index in [2.05, 4.69) is 50.4 Å². The molecule has 0 saturated heterocycles. The highest BCUT2D eigenvalue weighted by atomic mass is 35.5. The molecule has 94 valence electrons. The van der Waals surface area contributed by atoms with Crippen LogP contribution in [-0.4, -0.2) is 0 Å². The van der Waals surface area contributed by atoms with E-state index < -0.39 is 0 Å². The van der Waals surface area contributed by atoms with Crippen molar-refractivity contribution in [3.05, 3.63) is 59.1 Å². The van der Waals surface area contributed by atoms with Crippen molar-refractivity contribution in [3.8, 4) is 0 Å². The molecule has 0 aliphatic rings. The van der Waals surface area contributed by atoms with Crippen molar-refractivity contribution in [2.75, 3.05) is 5.32 Å². The second kappa shape index (κ2) is 5.03. The van der Waals surface area contributed by atoms with Crippen LogP contribution in [0.15, 0.2) is 48.5 Å². The van der Waals surface area contributed by atoms with Gasteiger partial charge in [0.25, 0.3) is 0 Å². The Morgan fingerprint density at radius 2 is 1.56 bits per heavy atom. The first-order valence-electron chi connectivity index (χ1n) is 6.08. The molecule has 2 rings (SSSR count). The molecule has 0 fully saturated rings. The summed E-state index contributed by atoms with van der Waals surface area (Å²) in [6.07, 6.45) is 0. The van der Waals surface area contributed by atoms with Crippen molar-refractivity contribution in [2.24, 2.45) is 0 Å². The van der Waals surface area contributed by atoms with Gasteiger partial charge in [-0.25, -0.2) is 0 Å². The van der Waals surface area contributed by atoms with Gasteiger partial charge in [-0.05, 0) is 47.4 Å². The van der Waals surface area contributed by atoms with E-state index in [1.54, 1.807) is 0 Å². The molecule has 2 heteroatoms. The van der Waals surface area contributed by atoms with Gasteiger partial charge >= 0.3 is 0 Å². The molecule has 0 radical (unpaired) electrons. The van der Waals surface area contributed by atoms with Crippen LogP contribution in [0.25, 0.3) is 0 Å². The fourth-order valence-electron chi connectivity index (χ4n) is 1.76. The standard InChI is InChI=1S/C16H18ClN/c1-16(2,3)12-5-4-6-15(11-12)18-14-9-7-13(17)8-10-14/h4-11,18H,1-3H3. The van der Waals surface area contributed by atoms with Crippen LogP contribution < -0.4 is 5.32 Å². The molecular weight excluding hydrogens is 242 g/mol. The molecule has 0 amide bonds. The van der Waals surface area contributed by atoms with Gasteiger partial charge in [0.2, 0.25) is 0 Å². The van der Waals surface area contributed by atoms with Crippen LogP contribution in [0.3, 0.4) is 0 Å². The van der Waals surface area contributed by atoms with E-state index in [0.29, 0.717) is 0 Å². The maximum atomic E-state index is 5.87. The third-order valence-electron chi connectivity index (χ3n) is 2.86. The molecule has 0 aromatic heterocycles. The van der Waals surface area contributed by atoms with Crippen molar-refractivity contribution in [2.45, 2.75) is 26.2 Å². The Morgan fingerprint density at radius 1 is 0.889 bits per heavy atom. The van der Waals surface area contributed by atoms with E-state index in [9.17, 15) is 0 Å². The summed E-state index contributed by atoms with van der Waals surface area (Å²) in [7, 11) is 0. The number of nitrogens with one attached hydrogen (secondary N) is 1. The molecule has 18 heavy (non-hydrogen) atoms. The van der Waals surface area contributed by atoms with E-state index >= 15 is 0 Å². The van der Waals surface area contributed by atoms with Gasteiger partial charge in [0, 0.05) is 16.4 Å². The third-order valence-corrected chi connectivity index (χ3v) is 3.11. The molecule has 0 bridgehead atoms. The first kappa shape index (κ1) is 13.0. The Balaban J connectivity index is 2.22. The van der Waals surface area contributed by atoms with E-state index in [4.69, 9.17) is 11.6 Å². The van der Waals surface area contributed by atoms with Crippen LogP contribution in [0, 0.1) is 0 Å². The predicted octanol–water partition coefficient (Wildman–Crippen LogP) is 5.38. The minimum atomic E-state index is 0.164. The highest BCUT2D eigenvalue weighted by Gasteiger charge is 2.13. The number of rotatable bonds is 2. The molecule has 2 aromatic carbocycles. The van der Waals surface area contributed by atoms with Crippen molar-refractivity contribution >= 4 is 23.0 Å². The van der Waals surface area contributed by atoms with E-state index in [0.717, 1.165) is 16.4 Å². The Labute approximate surface area is 114 Å². The van der Waals surface area contributed by atoms with Gasteiger partial charge in [-0.3, -0.25) is 0 Å². The fraction of sp³-hybridized carbons (Fsp3) is 0.250. The number of hydrogen-bond donors (Lipinski definition) is 1. The maximum absolute atomic E-state index is 5.87. The first-order chi connectivity index (χ1) is 8.45. The Hall–Kier alpha value is -1.47. The summed E-state index contributed by atoms with van der Waals surface area (Å²) in [5.74, 6) is 0. The van der Waals surface area contributed by atoms with Crippen LogP contribution in [0.4, 0.5) is 11.4 Å². The lowest BCUT2D eigenvalue weighted by atomic mass is 9.87. The summed E-state index contributed by atoms with van der Waals surface area (Å²) < 4.78 is 0. The quantitative estimate of drug-likeness (QED) is 0.763. The summed E-state index contributed by atoms with van der Waals surface area (Å²) >= 11 is 5.87. The Bertz CT molecular complexity index is 524. The van der Waals surface area contributed by atoms with Gasteiger partial charge in [-0.2, -0.15) is 0 Å². The topological polar surface area (TPSA) is 12.0 Å². The second-order valence-corrected chi connectivity index (χ2v) is 5.90. The van der Waals surface area contributed by atoms with E-state index in [1.165, 1.54) is 5.56 Å². The van der Waals surface area contributed by atoms with Crippen LogP contribution >= 0.6 is 11.6 Å². The predicted molar refractivity (Wildman–Crippen MR) is 79.9 cm³/mol. The highest BCUT2D eigenvalue weighted by molar-refractivity contribution is 6.30. The molecule has 1 nitrogen and oxygen atoms in total. The molecule has 0 spiro atoms. The minimum absolute atomic E-state index is 0.164. The monoisotopic (exact) mass is 259 g/mol. The van der Waals surface area contributed by atoms with E-state index in [-0.39, 0.29) is 5.41 Å². The third kappa shape index (κ3) is 3.27. The number of halogens is 1. The summed E-state index contributed by atoms with van der Waals surface area (Å²) in [5, 5.41) is 4.14. The molecule has 0 aliphatic heterocycles. The van der Waals surface area contributed by atoms with Gasteiger partial charge in [0.15, 0.2) is 0 Å². The van der Waals surface area contributed by atoms with Gasteiger partial charge in [-0.15, -0.1) is 0 Å². The lowest BCUT2D eigenvalue weighted by Gasteiger charge is -2.20. The van der Waals surface area contributed by atoms with Gasteiger partial charge in [-0.1, -0.05) is 44.5 Å². The molecule has 2 aromatic rings. The van der Waals surface area contributed by atoms with Crippen LogP contribution in [-0.2, 0) is 5.41 Å². The van der Waals surface area contributed by atoms with E-state index in [1.807, 2.05) is 24.3 Å².